The number of rotatable bonds is 5. The summed E-state index contributed by atoms with van der Waals surface area (Å²) in [4.78, 5) is 6.16. The van der Waals surface area contributed by atoms with Gasteiger partial charge >= 0.3 is 6.36 Å². The summed E-state index contributed by atoms with van der Waals surface area (Å²) in [6.45, 7) is 2.48. The van der Waals surface area contributed by atoms with Crippen LogP contribution in [0.1, 0.15) is 38.5 Å². The van der Waals surface area contributed by atoms with Crippen LogP contribution in [0.3, 0.4) is 0 Å². The van der Waals surface area contributed by atoms with E-state index in [1.165, 1.54) is 31.7 Å². The number of alkyl halides is 3. The second kappa shape index (κ2) is 7.59. The number of hydrogen-bond acceptors (Lipinski definition) is 4. The molecule has 0 aromatic carbocycles. The minimum Gasteiger partial charge on any atom is -0.404 e. The zero-order valence-electron chi connectivity index (χ0n) is 13.6. The number of hydrogen-bond donors (Lipinski definition) is 0. The van der Waals surface area contributed by atoms with Crippen molar-refractivity contribution in [2.75, 3.05) is 24.6 Å². The fourth-order valence-corrected chi connectivity index (χ4v) is 3.45. The Kier molecular flexibility index (Phi) is 5.48. The average Bonchev–Trinajstić information content (AvgIpc) is 3.06. The molecule has 2 fully saturated rings. The molecule has 0 amide bonds. The Morgan fingerprint density at radius 3 is 2.38 bits per heavy atom. The molecule has 3 rings (SSSR count). The van der Waals surface area contributed by atoms with Gasteiger partial charge in [0.2, 0.25) is 0 Å². The van der Waals surface area contributed by atoms with Crippen molar-refractivity contribution in [2.24, 2.45) is 5.92 Å². The molecule has 1 aliphatic carbocycles. The Morgan fingerprint density at radius 1 is 1.08 bits per heavy atom. The third-order valence-electron chi connectivity index (χ3n) is 4.76. The summed E-state index contributed by atoms with van der Waals surface area (Å²) in [6, 6.07) is 2.87. The Bertz CT molecular complexity index is 508. The average molecular weight is 344 g/mol. The highest BCUT2D eigenvalue weighted by Crippen LogP contribution is 2.27. The number of aromatic nitrogens is 1. The van der Waals surface area contributed by atoms with Crippen LogP contribution in [0.2, 0.25) is 0 Å². The van der Waals surface area contributed by atoms with Crippen molar-refractivity contribution >= 4 is 5.82 Å². The summed E-state index contributed by atoms with van der Waals surface area (Å²) in [6.07, 6.45) is 3.80. The van der Waals surface area contributed by atoms with E-state index in [-0.39, 0.29) is 11.9 Å². The third kappa shape index (κ3) is 5.00. The molecule has 0 atom stereocenters. The summed E-state index contributed by atoms with van der Waals surface area (Å²) in [7, 11) is 0. The van der Waals surface area contributed by atoms with Gasteiger partial charge in [-0.05, 0) is 43.7 Å². The van der Waals surface area contributed by atoms with Gasteiger partial charge in [0.15, 0.2) is 0 Å². The lowest BCUT2D eigenvalue weighted by molar-refractivity contribution is -0.274. The highest BCUT2D eigenvalue weighted by Gasteiger charge is 2.31. The first-order valence-corrected chi connectivity index (χ1v) is 8.58. The first kappa shape index (κ1) is 17.3. The molecule has 0 bridgehead atoms. The standard InChI is InChI=1S/C17H23F3N2O2/c18-17(19,20)24-15-5-6-16(21-11-15)22-9-7-14(8-10-22)23-12-13-3-1-2-4-13/h5-6,11,13-14H,1-4,7-10,12H2. The lowest BCUT2D eigenvalue weighted by Crippen LogP contribution is -2.38. The molecular formula is C17H23F3N2O2. The normalized spacial score (nSPS) is 20.5. The van der Waals surface area contributed by atoms with Gasteiger partial charge in [-0.15, -0.1) is 13.2 Å². The summed E-state index contributed by atoms with van der Waals surface area (Å²) >= 11 is 0. The molecule has 134 valence electrons. The molecule has 0 radical (unpaired) electrons. The second-order valence-corrected chi connectivity index (χ2v) is 6.57. The largest absolute Gasteiger partial charge is 0.573 e. The van der Waals surface area contributed by atoms with E-state index < -0.39 is 6.36 Å². The molecule has 1 saturated carbocycles. The zero-order valence-corrected chi connectivity index (χ0v) is 13.6. The van der Waals surface area contributed by atoms with Crippen LogP contribution >= 0.6 is 0 Å². The lowest BCUT2D eigenvalue weighted by Gasteiger charge is -2.33. The Labute approximate surface area is 140 Å². The smallest absolute Gasteiger partial charge is 0.404 e. The molecule has 0 N–H and O–H groups in total. The fourth-order valence-electron chi connectivity index (χ4n) is 3.45. The van der Waals surface area contributed by atoms with Crippen molar-refractivity contribution in [3.05, 3.63) is 18.3 Å². The van der Waals surface area contributed by atoms with Gasteiger partial charge in [0.25, 0.3) is 0 Å². The van der Waals surface area contributed by atoms with E-state index in [1.54, 1.807) is 6.07 Å². The minimum absolute atomic E-state index is 0.287. The van der Waals surface area contributed by atoms with Gasteiger partial charge in [-0.25, -0.2) is 4.98 Å². The van der Waals surface area contributed by atoms with E-state index in [0.29, 0.717) is 5.82 Å². The van der Waals surface area contributed by atoms with E-state index in [4.69, 9.17) is 4.74 Å². The molecule has 1 aromatic heterocycles. The van der Waals surface area contributed by atoms with E-state index in [9.17, 15) is 13.2 Å². The zero-order chi connectivity index (χ0) is 17.0. The Hall–Kier alpha value is -1.50. The van der Waals surface area contributed by atoms with Crippen LogP contribution in [0.5, 0.6) is 5.75 Å². The van der Waals surface area contributed by atoms with Crippen LogP contribution in [0.15, 0.2) is 18.3 Å². The molecule has 1 saturated heterocycles. The molecule has 0 spiro atoms. The predicted octanol–water partition coefficient (Wildman–Crippen LogP) is 4.16. The fraction of sp³-hybridized carbons (Fsp3) is 0.706. The van der Waals surface area contributed by atoms with Crippen LogP contribution in [0.4, 0.5) is 19.0 Å². The van der Waals surface area contributed by atoms with E-state index in [1.807, 2.05) is 0 Å². The van der Waals surface area contributed by atoms with Crippen LogP contribution in [0.25, 0.3) is 0 Å². The first-order chi connectivity index (χ1) is 11.5. The molecule has 1 aliphatic heterocycles. The van der Waals surface area contributed by atoms with Crippen LogP contribution in [-0.4, -0.2) is 37.1 Å². The van der Waals surface area contributed by atoms with Crippen molar-refractivity contribution in [3.8, 4) is 5.75 Å². The van der Waals surface area contributed by atoms with Crippen LogP contribution in [0, 0.1) is 5.92 Å². The van der Waals surface area contributed by atoms with E-state index in [0.717, 1.165) is 44.7 Å². The molecule has 1 aromatic rings. The quantitative estimate of drug-likeness (QED) is 0.803. The monoisotopic (exact) mass is 344 g/mol. The van der Waals surface area contributed by atoms with Gasteiger partial charge in [-0.3, -0.25) is 0 Å². The SMILES string of the molecule is FC(F)(F)Oc1ccc(N2CCC(OCC3CCCC3)CC2)nc1. The second-order valence-electron chi connectivity index (χ2n) is 6.57. The first-order valence-electron chi connectivity index (χ1n) is 8.58. The van der Waals surface area contributed by atoms with Crippen molar-refractivity contribution < 1.29 is 22.6 Å². The van der Waals surface area contributed by atoms with Crippen LogP contribution < -0.4 is 9.64 Å². The Balaban J connectivity index is 1.44. The summed E-state index contributed by atoms with van der Waals surface area (Å²) < 4.78 is 46.3. The molecule has 7 heteroatoms. The number of halogens is 3. The van der Waals surface area contributed by atoms with Gasteiger partial charge in [0, 0.05) is 19.7 Å². The molecule has 4 nitrogen and oxygen atoms in total. The van der Waals surface area contributed by atoms with Crippen molar-refractivity contribution in [1.29, 1.82) is 0 Å². The number of pyridine rings is 1. The number of anilines is 1. The lowest BCUT2D eigenvalue weighted by atomic mass is 10.1. The van der Waals surface area contributed by atoms with Crippen LogP contribution in [-0.2, 0) is 4.74 Å². The van der Waals surface area contributed by atoms with Gasteiger partial charge in [0.05, 0.1) is 12.3 Å². The van der Waals surface area contributed by atoms with E-state index >= 15 is 0 Å². The third-order valence-corrected chi connectivity index (χ3v) is 4.76. The number of nitrogens with zero attached hydrogens (tertiary/aromatic N) is 2. The summed E-state index contributed by atoms with van der Waals surface area (Å²) in [5.41, 5.74) is 0. The molecule has 2 heterocycles. The van der Waals surface area contributed by atoms with E-state index in [2.05, 4.69) is 14.6 Å². The van der Waals surface area contributed by atoms with Crippen molar-refractivity contribution in [3.63, 3.8) is 0 Å². The van der Waals surface area contributed by atoms with Gasteiger partial charge in [-0.1, -0.05) is 12.8 Å². The molecular weight excluding hydrogens is 321 g/mol. The highest BCUT2D eigenvalue weighted by molar-refractivity contribution is 5.41. The minimum atomic E-state index is -4.68. The molecule has 0 unspecified atom stereocenters. The maximum absolute atomic E-state index is 12.1. The molecule has 2 aliphatic rings. The topological polar surface area (TPSA) is 34.6 Å². The number of ether oxygens (including phenoxy) is 2. The predicted molar refractivity (Wildman–Crippen MR) is 84.1 cm³/mol. The van der Waals surface area contributed by atoms with Gasteiger partial charge in [-0.2, -0.15) is 0 Å². The van der Waals surface area contributed by atoms with Gasteiger partial charge < -0.3 is 14.4 Å². The highest BCUT2D eigenvalue weighted by atomic mass is 19.4. The van der Waals surface area contributed by atoms with Crippen molar-refractivity contribution in [2.45, 2.75) is 51.0 Å². The maximum atomic E-state index is 12.1. The van der Waals surface area contributed by atoms with Crippen molar-refractivity contribution in [1.82, 2.24) is 4.98 Å². The maximum Gasteiger partial charge on any atom is 0.573 e. The Morgan fingerprint density at radius 2 is 1.79 bits per heavy atom. The number of piperidine rings is 1. The van der Waals surface area contributed by atoms with Gasteiger partial charge in [0.1, 0.15) is 11.6 Å². The summed E-state index contributed by atoms with van der Waals surface area (Å²) in [5, 5.41) is 0. The molecule has 24 heavy (non-hydrogen) atoms. The summed E-state index contributed by atoms with van der Waals surface area (Å²) in [5.74, 6) is 1.12.